The van der Waals surface area contributed by atoms with Crippen molar-refractivity contribution < 1.29 is 0 Å². The van der Waals surface area contributed by atoms with E-state index < -0.39 is 0 Å². The monoisotopic (exact) mass is 438 g/mol. The average Bonchev–Trinajstić information content (AvgIpc) is 2.82. The van der Waals surface area contributed by atoms with Gasteiger partial charge in [0.1, 0.15) is 0 Å². The molecule has 0 saturated heterocycles. The molecule has 31 heavy (non-hydrogen) atoms. The molecule has 2 unspecified atom stereocenters. The Morgan fingerprint density at radius 1 is 0.484 bits per heavy atom. The minimum absolute atomic E-state index is 0.609. The van der Waals surface area contributed by atoms with Gasteiger partial charge in [0.05, 0.1) is 0 Å². The van der Waals surface area contributed by atoms with E-state index in [2.05, 4.69) is 86.3 Å². The molecule has 0 nitrogen and oxygen atoms in total. The zero-order chi connectivity index (χ0) is 22.0. The topological polar surface area (TPSA) is 0 Å². The van der Waals surface area contributed by atoms with Crippen LogP contribution in [0.4, 0.5) is 0 Å². The fourth-order valence-electron chi connectivity index (χ4n) is 4.38. The third-order valence-electron chi connectivity index (χ3n) is 6.31. The lowest BCUT2D eigenvalue weighted by atomic mass is 10.0. The fraction of sp³-hybridized carbons (Fsp3) is 0.600. The van der Waals surface area contributed by atoms with Gasteiger partial charge in [-0.3, -0.25) is 0 Å². The lowest BCUT2D eigenvalue weighted by Crippen LogP contribution is -2.02. The van der Waals surface area contributed by atoms with Crippen molar-refractivity contribution >= 4 is 11.8 Å². The van der Waals surface area contributed by atoms with Gasteiger partial charge in [0.25, 0.3) is 0 Å². The third kappa shape index (κ3) is 11.3. The van der Waals surface area contributed by atoms with Crippen molar-refractivity contribution in [2.24, 2.45) is 0 Å². The minimum Gasteiger partial charge on any atom is -0.146 e. The molecule has 0 radical (unpaired) electrons. The smallest absolute Gasteiger partial charge is 0.0303 e. The van der Waals surface area contributed by atoms with Gasteiger partial charge in [-0.2, -0.15) is 0 Å². The van der Waals surface area contributed by atoms with E-state index in [1.54, 1.807) is 0 Å². The number of hydrogen-bond acceptors (Lipinski definition) is 1. The molecule has 0 N–H and O–H groups in total. The quantitative estimate of drug-likeness (QED) is 0.208. The second-order valence-electron chi connectivity index (χ2n) is 9.05. The molecule has 1 heteroatoms. The maximum Gasteiger partial charge on any atom is 0.0303 e. The van der Waals surface area contributed by atoms with Gasteiger partial charge >= 0.3 is 0 Å². The summed E-state index contributed by atoms with van der Waals surface area (Å²) in [6.45, 7) is 4.60. The van der Waals surface area contributed by atoms with E-state index in [0.717, 1.165) is 0 Å². The van der Waals surface area contributed by atoms with Crippen molar-refractivity contribution in [1.82, 2.24) is 0 Å². The summed E-state index contributed by atoms with van der Waals surface area (Å²) in [5.74, 6) is 0. The molecule has 2 atom stereocenters. The first-order valence-corrected chi connectivity index (χ1v) is 14.0. The lowest BCUT2D eigenvalue weighted by molar-refractivity contribution is 0.579. The molecule has 0 spiro atoms. The summed E-state index contributed by atoms with van der Waals surface area (Å²) in [6, 6.07) is 22.6. The van der Waals surface area contributed by atoms with Crippen LogP contribution in [0.5, 0.6) is 0 Å². The van der Waals surface area contributed by atoms with Crippen molar-refractivity contribution in [2.45, 2.75) is 114 Å². The first-order valence-electron chi connectivity index (χ1n) is 13.1. The zero-order valence-corrected chi connectivity index (χ0v) is 21.1. The van der Waals surface area contributed by atoms with Crippen LogP contribution in [0.1, 0.15) is 125 Å². The molecule has 0 amide bonds. The number of unbranched alkanes of at least 4 members (excludes halogenated alkanes) is 10. The van der Waals surface area contributed by atoms with E-state index in [0.29, 0.717) is 10.5 Å². The average molecular weight is 439 g/mol. The first-order chi connectivity index (χ1) is 15.3. The molecule has 0 aliphatic rings. The SMILES string of the molecule is CCCCCCCCC(SC(CCCCCCCC)c1ccccc1)c1ccccc1. The molecule has 0 saturated carbocycles. The Bertz CT molecular complexity index is 578. The number of benzene rings is 2. The highest BCUT2D eigenvalue weighted by Gasteiger charge is 2.20. The maximum atomic E-state index is 2.35. The molecular weight excluding hydrogens is 392 g/mol. The van der Waals surface area contributed by atoms with Gasteiger partial charge in [-0.05, 0) is 24.0 Å². The molecule has 2 rings (SSSR count). The molecule has 0 bridgehead atoms. The molecule has 0 aromatic heterocycles. The summed E-state index contributed by atoms with van der Waals surface area (Å²) in [6.07, 6.45) is 19.2. The molecule has 172 valence electrons. The Morgan fingerprint density at radius 3 is 1.23 bits per heavy atom. The highest BCUT2D eigenvalue weighted by atomic mass is 32.2. The largest absolute Gasteiger partial charge is 0.146 e. The van der Waals surface area contributed by atoms with Gasteiger partial charge in [0.2, 0.25) is 0 Å². The van der Waals surface area contributed by atoms with E-state index in [-0.39, 0.29) is 0 Å². The van der Waals surface area contributed by atoms with Crippen molar-refractivity contribution in [3.05, 3.63) is 71.8 Å². The van der Waals surface area contributed by atoms with Crippen LogP contribution in [-0.4, -0.2) is 0 Å². The summed E-state index contributed by atoms with van der Waals surface area (Å²) in [4.78, 5) is 0. The van der Waals surface area contributed by atoms with Crippen LogP contribution >= 0.6 is 11.8 Å². The van der Waals surface area contributed by atoms with Crippen LogP contribution in [0.2, 0.25) is 0 Å². The van der Waals surface area contributed by atoms with Crippen LogP contribution < -0.4 is 0 Å². The number of thioether (sulfide) groups is 1. The van der Waals surface area contributed by atoms with Gasteiger partial charge in [-0.25, -0.2) is 0 Å². The highest BCUT2D eigenvalue weighted by Crippen LogP contribution is 2.45. The molecular formula is C30H46S. The maximum absolute atomic E-state index is 2.35. The number of hydrogen-bond donors (Lipinski definition) is 0. The second kappa shape index (κ2) is 17.4. The van der Waals surface area contributed by atoms with Crippen LogP contribution in [0.25, 0.3) is 0 Å². The van der Waals surface area contributed by atoms with Crippen LogP contribution in [0.3, 0.4) is 0 Å². The van der Waals surface area contributed by atoms with Gasteiger partial charge in [-0.15, -0.1) is 11.8 Å². The standard InChI is InChI=1S/C30H46S/c1-3-5-7-9-11-19-25-29(27-21-15-13-16-22-27)31-30(28-23-17-14-18-24-28)26-20-12-10-8-6-4-2/h13-18,21-24,29-30H,3-12,19-20,25-26H2,1-2H3. The Kier molecular flexibility index (Phi) is 14.6. The van der Waals surface area contributed by atoms with E-state index in [1.165, 1.54) is 101 Å². The van der Waals surface area contributed by atoms with Crippen molar-refractivity contribution in [2.75, 3.05) is 0 Å². The Balaban J connectivity index is 1.97. The minimum atomic E-state index is 0.609. The summed E-state index contributed by atoms with van der Waals surface area (Å²) in [5.41, 5.74) is 3.04. The predicted octanol–water partition coefficient (Wildman–Crippen LogP) is 10.7. The molecule has 0 aliphatic carbocycles. The molecule has 0 fully saturated rings. The summed E-state index contributed by atoms with van der Waals surface area (Å²) >= 11 is 2.23. The fourth-order valence-corrected chi connectivity index (χ4v) is 6.01. The van der Waals surface area contributed by atoms with E-state index >= 15 is 0 Å². The molecule has 2 aromatic rings. The van der Waals surface area contributed by atoms with E-state index in [9.17, 15) is 0 Å². The molecule has 2 aromatic carbocycles. The highest BCUT2D eigenvalue weighted by molar-refractivity contribution is 7.99. The Hall–Kier alpha value is -1.21. The summed E-state index contributed by atoms with van der Waals surface area (Å²) in [7, 11) is 0. The predicted molar refractivity (Wildman–Crippen MR) is 142 cm³/mol. The van der Waals surface area contributed by atoms with Crippen LogP contribution in [0.15, 0.2) is 60.7 Å². The summed E-state index contributed by atoms with van der Waals surface area (Å²) in [5, 5.41) is 1.22. The lowest BCUT2D eigenvalue weighted by Gasteiger charge is -2.25. The first kappa shape index (κ1) is 26.0. The zero-order valence-electron chi connectivity index (χ0n) is 20.2. The normalized spacial score (nSPS) is 13.2. The molecule has 0 heterocycles. The Labute approximate surface area is 197 Å². The van der Waals surface area contributed by atoms with Gasteiger partial charge < -0.3 is 0 Å². The van der Waals surface area contributed by atoms with Gasteiger partial charge in [0, 0.05) is 10.5 Å². The van der Waals surface area contributed by atoms with Crippen molar-refractivity contribution in [1.29, 1.82) is 0 Å². The van der Waals surface area contributed by atoms with Crippen molar-refractivity contribution in [3.63, 3.8) is 0 Å². The number of rotatable bonds is 18. The third-order valence-corrected chi connectivity index (χ3v) is 7.98. The van der Waals surface area contributed by atoms with Crippen molar-refractivity contribution in [3.8, 4) is 0 Å². The van der Waals surface area contributed by atoms with E-state index in [4.69, 9.17) is 0 Å². The van der Waals surface area contributed by atoms with Crippen LogP contribution in [0, 0.1) is 0 Å². The summed E-state index contributed by atoms with van der Waals surface area (Å²) < 4.78 is 0. The van der Waals surface area contributed by atoms with Gasteiger partial charge in [-0.1, -0.05) is 152 Å². The van der Waals surface area contributed by atoms with Gasteiger partial charge in [0.15, 0.2) is 0 Å². The Morgan fingerprint density at radius 2 is 0.839 bits per heavy atom. The van der Waals surface area contributed by atoms with Crippen LogP contribution in [-0.2, 0) is 0 Å². The van der Waals surface area contributed by atoms with E-state index in [1.807, 2.05) is 0 Å². The second-order valence-corrected chi connectivity index (χ2v) is 10.5. The molecule has 0 aliphatic heterocycles.